The van der Waals surface area contributed by atoms with Crippen LogP contribution in [0.4, 0.5) is 5.69 Å². The first kappa shape index (κ1) is 15.7. The molecule has 3 aromatic rings. The van der Waals surface area contributed by atoms with Crippen LogP contribution in [0.5, 0.6) is 5.75 Å². The van der Waals surface area contributed by atoms with E-state index in [1.165, 1.54) is 34.0 Å². The molecule has 1 aliphatic heterocycles. The van der Waals surface area contributed by atoms with Gasteiger partial charge >= 0.3 is 0 Å². The van der Waals surface area contributed by atoms with Crippen molar-refractivity contribution in [1.29, 1.82) is 0 Å². The molecule has 0 atom stereocenters. The van der Waals surface area contributed by atoms with E-state index in [1.807, 2.05) is 18.2 Å². The maximum absolute atomic E-state index is 6.09. The number of nitrogens with one attached hydrogen (secondary N) is 1. The summed E-state index contributed by atoms with van der Waals surface area (Å²) in [6.45, 7) is 1.62. The minimum Gasteiger partial charge on any atom is -0.488 e. The molecule has 4 rings (SSSR count). The third-order valence-electron chi connectivity index (χ3n) is 4.05. The van der Waals surface area contributed by atoms with Crippen molar-refractivity contribution in [2.24, 2.45) is 0 Å². The molecule has 3 aromatic carbocycles. The Morgan fingerprint density at radius 2 is 1.65 bits per heavy atom. The summed E-state index contributed by atoms with van der Waals surface area (Å²) in [4.78, 5) is 0. The SMILES string of the molecule is CCl.c1ccc(COc2cc3c(c4ccccc24)CCN3)cc1. The highest BCUT2D eigenvalue weighted by Crippen LogP contribution is 2.37. The van der Waals surface area contributed by atoms with Crippen molar-refractivity contribution >= 4 is 28.1 Å². The summed E-state index contributed by atoms with van der Waals surface area (Å²) >= 11 is 4.64. The van der Waals surface area contributed by atoms with Crippen LogP contribution in [0.15, 0.2) is 60.7 Å². The smallest absolute Gasteiger partial charge is 0.129 e. The van der Waals surface area contributed by atoms with Crippen LogP contribution in [-0.2, 0) is 13.0 Å². The van der Waals surface area contributed by atoms with Gasteiger partial charge in [-0.3, -0.25) is 0 Å². The fourth-order valence-electron chi connectivity index (χ4n) is 3.01. The minimum atomic E-state index is 0.601. The number of ether oxygens (including phenoxy) is 1. The van der Waals surface area contributed by atoms with Gasteiger partial charge in [-0.2, -0.15) is 0 Å². The summed E-state index contributed by atoms with van der Waals surface area (Å²) in [6.07, 6.45) is 2.56. The second-order valence-electron chi connectivity index (χ2n) is 5.40. The summed E-state index contributed by atoms with van der Waals surface area (Å²) < 4.78 is 6.09. The highest BCUT2D eigenvalue weighted by molar-refractivity contribution is 6.15. The summed E-state index contributed by atoms with van der Waals surface area (Å²) in [5.41, 5.74) is 3.82. The molecular formula is C20H20ClNO. The van der Waals surface area contributed by atoms with Crippen molar-refractivity contribution < 1.29 is 4.74 Å². The van der Waals surface area contributed by atoms with Gasteiger partial charge in [0.25, 0.3) is 0 Å². The molecule has 0 radical (unpaired) electrons. The molecule has 2 nitrogen and oxygen atoms in total. The van der Waals surface area contributed by atoms with E-state index in [1.54, 1.807) is 0 Å². The fraction of sp³-hybridized carbons (Fsp3) is 0.200. The van der Waals surface area contributed by atoms with E-state index >= 15 is 0 Å². The summed E-state index contributed by atoms with van der Waals surface area (Å²) in [5.74, 6) is 0.961. The van der Waals surface area contributed by atoms with Crippen LogP contribution >= 0.6 is 11.6 Å². The van der Waals surface area contributed by atoms with Gasteiger partial charge in [0.2, 0.25) is 0 Å². The molecule has 3 heteroatoms. The molecule has 0 bridgehead atoms. The molecule has 1 aliphatic rings. The largest absolute Gasteiger partial charge is 0.488 e. The second-order valence-corrected chi connectivity index (χ2v) is 5.40. The van der Waals surface area contributed by atoms with Crippen LogP contribution in [-0.4, -0.2) is 12.9 Å². The monoisotopic (exact) mass is 325 g/mol. The molecule has 0 spiro atoms. The highest BCUT2D eigenvalue weighted by Gasteiger charge is 2.16. The Morgan fingerprint density at radius 1 is 0.957 bits per heavy atom. The Labute approximate surface area is 142 Å². The normalized spacial score (nSPS) is 12.1. The van der Waals surface area contributed by atoms with Crippen LogP contribution in [0.3, 0.4) is 0 Å². The lowest BCUT2D eigenvalue weighted by Gasteiger charge is -2.13. The second kappa shape index (κ2) is 7.38. The molecule has 1 N–H and O–H groups in total. The first-order chi connectivity index (χ1) is 11.4. The van der Waals surface area contributed by atoms with E-state index in [4.69, 9.17) is 4.74 Å². The summed E-state index contributed by atoms with van der Waals surface area (Å²) in [7, 11) is 0. The van der Waals surface area contributed by atoms with Crippen LogP contribution in [0.25, 0.3) is 10.8 Å². The van der Waals surface area contributed by atoms with Crippen molar-refractivity contribution in [3.63, 3.8) is 0 Å². The van der Waals surface area contributed by atoms with Gasteiger partial charge < -0.3 is 10.1 Å². The minimum absolute atomic E-state index is 0.601. The first-order valence-corrected chi connectivity index (χ1v) is 8.50. The molecule has 1 heterocycles. The van der Waals surface area contributed by atoms with Gasteiger partial charge in [-0.1, -0.05) is 54.6 Å². The molecule has 0 unspecified atom stereocenters. The number of hydrogen-bond acceptors (Lipinski definition) is 2. The fourth-order valence-corrected chi connectivity index (χ4v) is 3.01. The number of alkyl halides is 1. The molecular weight excluding hydrogens is 306 g/mol. The van der Waals surface area contributed by atoms with Gasteiger partial charge in [0.05, 0.1) is 0 Å². The van der Waals surface area contributed by atoms with Crippen molar-refractivity contribution in [3.05, 3.63) is 71.8 Å². The standard InChI is InChI=1S/C19H17NO.CH3Cl/c1-2-6-14(7-3-1)13-21-19-12-18-16(10-11-20-18)15-8-4-5-9-17(15)19;1-2/h1-9,12,20H,10-11,13H2;1H3. The lowest BCUT2D eigenvalue weighted by molar-refractivity contribution is 0.310. The van der Waals surface area contributed by atoms with Gasteiger partial charge in [0.1, 0.15) is 12.4 Å². The van der Waals surface area contributed by atoms with Gasteiger partial charge in [-0.05, 0) is 22.9 Å². The molecule has 0 saturated heterocycles. The van der Waals surface area contributed by atoms with Crippen LogP contribution in [0, 0.1) is 0 Å². The van der Waals surface area contributed by atoms with Crippen LogP contribution in [0.2, 0.25) is 0 Å². The van der Waals surface area contributed by atoms with Gasteiger partial charge in [-0.25, -0.2) is 0 Å². The van der Waals surface area contributed by atoms with Crippen LogP contribution < -0.4 is 10.1 Å². The Morgan fingerprint density at radius 3 is 2.43 bits per heavy atom. The van der Waals surface area contributed by atoms with Crippen molar-refractivity contribution in [3.8, 4) is 5.75 Å². The Bertz CT molecular complexity index is 786. The van der Waals surface area contributed by atoms with E-state index in [2.05, 4.69) is 59.4 Å². The van der Waals surface area contributed by atoms with Crippen molar-refractivity contribution in [2.45, 2.75) is 13.0 Å². The number of hydrogen-bond donors (Lipinski definition) is 1. The molecule has 0 aliphatic carbocycles. The summed E-state index contributed by atoms with van der Waals surface area (Å²) in [6, 6.07) is 21.0. The molecule has 0 fully saturated rings. The molecule has 0 amide bonds. The third kappa shape index (κ3) is 3.27. The molecule has 0 aromatic heterocycles. The quantitative estimate of drug-likeness (QED) is 0.665. The zero-order valence-corrected chi connectivity index (χ0v) is 13.9. The highest BCUT2D eigenvalue weighted by atomic mass is 35.5. The van der Waals surface area contributed by atoms with E-state index < -0.39 is 0 Å². The topological polar surface area (TPSA) is 21.3 Å². The molecule has 0 saturated carbocycles. The molecule has 118 valence electrons. The van der Waals surface area contributed by atoms with Crippen molar-refractivity contribution in [2.75, 3.05) is 18.2 Å². The van der Waals surface area contributed by atoms with E-state index in [0.717, 1.165) is 18.7 Å². The maximum atomic E-state index is 6.09. The van der Waals surface area contributed by atoms with Crippen LogP contribution in [0.1, 0.15) is 11.1 Å². The predicted octanol–water partition coefficient (Wildman–Crippen LogP) is 5.24. The summed E-state index contributed by atoms with van der Waals surface area (Å²) in [5, 5.41) is 5.96. The molecule has 23 heavy (non-hydrogen) atoms. The Hall–Kier alpha value is -2.19. The van der Waals surface area contributed by atoms with E-state index in [0.29, 0.717) is 6.61 Å². The van der Waals surface area contributed by atoms with Gasteiger partial charge in [0.15, 0.2) is 0 Å². The maximum Gasteiger partial charge on any atom is 0.129 e. The van der Waals surface area contributed by atoms with Gasteiger partial charge in [0, 0.05) is 30.1 Å². The predicted molar refractivity (Wildman–Crippen MR) is 98.7 cm³/mol. The van der Waals surface area contributed by atoms with Gasteiger partial charge in [-0.15, -0.1) is 11.6 Å². The average Bonchev–Trinajstić information content (AvgIpc) is 3.11. The van der Waals surface area contributed by atoms with E-state index in [9.17, 15) is 0 Å². The first-order valence-electron chi connectivity index (χ1n) is 7.75. The number of halogens is 1. The lowest BCUT2D eigenvalue weighted by Crippen LogP contribution is -1.97. The Kier molecular flexibility index (Phi) is 5.04. The Balaban J connectivity index is 0.000000753. The zero-order chi connectivity index (χ0) is 16.1. The number of fused-ring (bicyclic) bond motifs is 3. The third-order valence-corrected chi connectivity index (χ3v) is 4.05. The number of rotatable bonds is 3. The van der Waals surface area contributed by atoms with Crippen molar-refractivity contribution in [1.82, 2.24) is 0 Å². The lowest BCUT2D eigenvalue weighted by atomic mass is 10.0. The number of anilines is 1. The van der Waals surface area contributed by atoms with E-state index in [-0.39, 0.29) is 0 Å². The number of benzene rings is 3. The zero-order valence-electron chi connectivity index (χ0n) is 13.2. The average molecular weight is 326 g/mol.